The van der Waals surface area contributed by atoms with Crippen LogP contribution in [0.15, 0.2) is 60.9 Å². The second-order valence-electron chi connectivity index (χ2n) is 8.67. The van der Waals surface area contributed by atoms with E-state index in [0.29, 0.717) is 32.9 Å². The molecular weight excluding hydrogens is 476 g/mol. The summed E-state index contributed by atoms with van der Waals surface area (Å²) in [6.07, 6.45) is 3.33. The summed E-state index contributed by atoms with van der Waals surface area (Å²) in [7, 11) is 0. The summed E-state index contributed by atoms with van der Waals surface area (Å²) in [5, 5.41) is 5.83. The van der Waals surface area contributed by atoms with Gasteiger partial charge in [-0.2, -0.15) is 0 Å². The Bertz CT molecular complexity index is 1350. The lowest BCUT2D eigenvalue weighted by Crippen LogP contribution is -2.20. The van der Waals surface area contributed by atoms with Gasteiger partial charge in [-0.1, -0.05) is 50.0 Å². The molecule has 174 valence electrons. The number of H-pyrrole nitrogens is 1. The molecule has 2 aromatic carbocycles. The third-order valence-corrected chi connectivity index (χ3v) is 5.80. The van der Waals surface area contributed by atoms with Crippen LogP contribution in [0.3, 0.4) is 0 Å². The van der Waals surface area contributed by atoms with Gasteiger partial charge in [-0.25, -0.2) is 14.2 Å². The van der Waals surface area contributed by atoms with Crippen molar-refractivity contribution in [3.8, 4) is 22.5 Å². The molecule has 0 atom stereocenters. The number of imidazole rings is 1. The highest BCUT2D eigenvalue weighted by Gasteiger charge is 2.24. The number of pyridine rings is 1. The summed E-state index contributed by atoms with van der Waals surface area (Å²) >= 11 is 11.9. The molecule has 0 aliphatic heterocycles. The first-order valence-corrected chi connectivity index (χ1v) is 11.2. The van der Waals surface area contributed by atoms with E-state index in [2.05, 4.69) is 20.6 Å². The van der Waals surface area contributed by atoms with Crippen molar-refractivity contribution in [1.29, 1.82) is 0 Å². The van der Waals surface area contributed by atoms with Gasteiger partial charge in [0.15, 0.2) is 5.82 Å². The average Bonchev–Trinajstić information content (AvgIpc) is 3.24. The normalized spacial score (nSPS) is 11.4. The summed E-state index contributed by atoms with van der Waals surface area (Å²) in [6, 6.07) is 12.5. The minimum Gasteiger partial charge on any atom is -0.341 e. The average molecular weight is 498 g/mol. The fraction of sp³-hybridized carbons (Fsp3) is 0.160. The van der Waals surface area contributed by atoms with Crippen molar-refractivity contribution in [2.24, 2.45) is 0 Å². The van der Waals surface area contributed by atoms with Gasteiger partial charge in [-0.3, -0.25) is 4.98 Å². The lowest BCUT2D eigenvalue weighted by Gasteiger charge is -2.14. The third-order valence-electron chi connectivity index (χ3n) is 5.06. The summed E-state index contributed by atoms with van der Waals surface area (Å²) in [5.41, 5.74) is 2.34. The van der Waals surface area contributed by atoms with E-state index in [1.165, 1.54) is 12.1 Å². The zero-order valence-electron chi connectivity index (χ0n) is 18.7. The molecule has 0 spiro atoms. The van der Waals surface area contributed by atoms with Crippen LogP contribution in [-0.2, 0) is 5.41 Å². The fourth-order valence-corrected chi connectivity index (χ4v) is 3.62. The summed E-state index contributed by atoms with van der Waals surface area (Å²) in [5.74, 6) is 0.110. The number of hydrogen-bond donors (Lipinski definition) is 3. The highest BCUT2D eigenvalue weighted by molar-refractivity contribution is 6.42. The zero-order valence-corrected chi connectivity index (χ0v) is 20.2. The second kappa shape index (κ2) is 9.44. The van der Waals surface area contributed by atoms with Crippen molar-refractivity contribution in [1.82, 2.24) is 15.0 Å². The monoisotopic (exact) mass is 497 g/mol. The van der Waals surface area contributed by atoms with E-state index < -0.39 is 11.8 Å². The van der Waals surface area contributed by atoms with Crippen molar-refractivity contribution < 1.29 is 9.18 Å². The molecule has 0 fully saturated rings. The summed E-state index contributed by atoms with van der Waals surface area (Å²) < 4.78 is 15.6. The number of halogens is 3. The summed E-state index contributed by atoms with van der Waals surface area (Å²) in [6.45, 7) is 6.06. The fourth-order valence-electron chi connectivity index (χ4n) is 3.32. The smallest absolute Gasteiger partial charge is 0.323 e. The van der Waals surface area contributed by atoms with Crippen LogP contribution in [0.2, 0.25) is 10.0 Å². The van der Waals surface area contributed by atoms with Gasteiger partial charge in [0.25, 0.3) is 0 Å². The number of urea groups is 1. The van der Waals surface area contributed by atoms with Gasteiger partial charge in [-0.05, 0) is 42.5 Å². The molecule has 34 heavy (non-hydrogen) atoms. The minimum absolute atomic E-state index is 0.0102. The number of carbonyl (C=O) groups is 1. The molecule has 6 nitrogen and oxygen atoms in total. The zero-order chi connectivity index (χ0) is 24.5. The van der Waals surface area contributed by atoms with Gasteiger partial charge < -0.3 is 15.6 Å². The van der Waals surface area contributed by atoms with Crippen LogP contribution in [0.1, 0.15) is 26.6 Å². The number of carbonyl (C=O) groups excluding carboxylic acids is 1. The topological polar surface area (TPSA) is 82.7 Å². The number of benzene rings is 2. The highest BCUT2D eigenvalue weighted by Crippen LogP contribution is 2.36. The highest BCUT2D eigenvalue weighted by atomic mass is 35.5. The Kier molecular flexibility index (Phi) is 6.59. The molecule has 4 rings (SSSR count). The van der Waals surface area contributed by atoms with E-state index in [9.17, 15) is 4.79 Å². The van der Waals surface area contributed by atoms with Crippen LogP contribution < -0.4 is 10.6 Å². The van der Waals surface area contributed by atoms with Crippen LogP contribution in [0.5, 0.6) is 0 Å². The van der Waals surface area contributed by atoms with Crippen LogP contribution in [0, 0.1) is 5.82 Å². The van der Waals surface area contributed by atoms with Crippen molar-refractivity contribution in [3.05, 3.63) is 82.6 Å². The molecule has 0 saturated heterocycles. The van der Waals surface area contributed by atoms with Gasteiger partial charge in [0, 0.05) is 34.6 Å². The standard InChI is InChI=1S/C25H22Cl2FN5O/c1-25(2,3)23-32-21(14-9-11-29-12-10-14)22(33-23)16-5-4-6-19(20(16)28)31-24(34)30-15-7-8-17(26)18(27)13-15/h4-13H,1-3H3,(H,32,33)(H2,30,31,34). The molecule has 0 aliphatic rings. The van der Waals surface area contributed by atoms with E-state index in [0.717, 1.165) is 5.56 Å². The van der Waals surface area contributed by atoms with Gasteiger partial charge in [0.2, 0.25) is 0 Å². The molecule has 3 N–H and O–H groups in total. The SMILES string of the molecule is CC(C)(C)c1nc(-c2cccc(NC(=O)Nc3ccc(Cl)c(Cl)c3)c2F)c(-c2ccncc2)[nH]1. The molecule has 0 unspecified atom stereocenters. The third kappa shape index (κ3) is 5.05. The van der Waals surface area contributed by atoms with Crippen molar-refractivity contribution in [3.63, 3.8) is 0 Å². The van der Waals surface area contributed by atoms with Crippen molar-refractivity contribution in [2.45, 2.75) is 26.2 Å². The molecule has 0 radical (unpaired) electrons. The molecule has 0 aliphatic carbocycles. The number of nitrogens with zero attached hydrogens (tertiary/aromatic N) is 2. The Morgan fingerprint density at radius 2 is 1.74 bits per heavy atom. The quantitative estimate of drug-likeness (QED) is 0.272. The Morgan fingerprint density at radius 3 is 2.41 bits per heavy atom. The molecule has 9 heteroatoms. The van der Waals surface area contributed by atoms with Gasteiger partial charge >= 0.3 is 6.03 Å². The number of rotatable bonds is 4. The predicted molar refractivity (Wildman–Crippen MR) is 135 cm³/mol. The van der Waals surface area contributed by atoms with E-state index in [4.69, 9.17) is 28.2 Å². The van der Waals surface area contributed by atoms with E-state index in [1.54, 1.807) is 36.7 Å². The maximum Gasteiger partial charge on any atom is 0.323 e. The predicted octanol–water partition coefficient (Wildman–Crippen LogP) is 7.53. The maximum atomic E-state index is 15.6. The van der Waals surface area contributed by atoms with Gasteiger partial charge in [0.1, 0.15) is 5.82 Å². The van der Waals surface area contributed by atoms with E-state index in [-0.39, 0.29) is 16.7 Å². The first-order chi connectivity index (χ1) is 16.1. The number of amides is 2. The maximum absolute atomic E-state index is 15.6. The molecule has 2 amide bonds. The Morgan fingerprint density at radius 1 is 1.00 bits per heavy atom. The number of nitrogens with one attached hydrogen (secondary N) is 3. The first-order valence-electron chi connectivity index (χ1n) is 10.5. The van der Waals surface area contributed by atoms with Crippen molar-refractivity contribution >= 4 is 40.6 Å². The number of aromatic amines is 1. The summed E-state index contributed by atoms with van der Waals surface area (Å²) in [4.78, 5) is 24.6. The lowest BCUT2D eigenvalue weighted by molar-refractivity contribution is 0.262. The molecule has 2 aromatic heterocycles. The lowest BCUT2D eigenvalue weighted by atomic mass is 9.96. The second-order valence-corrected chi connectivity index (χ2v) is 9.48. The number of hydrogen-bond acceptors (Lipinski definition) is 3. The van der Waals surface area contributed by atoms with Crippen LogP contribution in [-0.4, -0.2) is 21.0 Å². The Balaban J connectivity index is 1.68. The van der Waals surface area contributed by atoms with Gasteiger partial charge in [0.05, 0.1) is 27.1 Å². The van der Waals surface area contributed by atoms with Gasteiger partial charge in [-0.15, -0.1) is 0 Å². The number of aromatic nitrogens is 3. The first kappa shape index (κ1) is 23.7. The largest absolute Gasteiger partial charge is 0.341 e. The molecular formula is C25H22Cl2FN5O. The van der Waals surface area contributed by atoms with E-state index in [1.807, 2.05) is 32.9 Å². The van der Waals surface area contributed by atoms with E-state index >= 15 is 4.39 Å². The molecule has 2 heterocycles. The molecule has 0 bridgehead atoms. The minimum atomic E-state index is -0.624. The Hall–Kier alpha value is -3.42. The molecule has 4 aromatic rings. The molecule has 0 saturated carbocycles. The van der Waals surface area contributed by atoms with Crippen LogP contribution in [0.4, 0.5) is 20.6 Å². The van der Waals surface area contributed by atoms with Crippen LogP contribution >= 0.6 is 23.2 Å². The van der Waals surface area contributed by atoms with Crippen molar-refractivity contribution in [2.75, 3.05) is 10.6 Å². The Labute approximate surface area is 206 Å². The van der Waals surface area contributed by atoms with Crippen LogP contribution in [0.25, 0.3) is 22.5 Å². The number of anilines is 2.